The maximum atomic E-state index is 12.5. The molecule has 0 saturated heterocycles. The van der Waals surface area contributed by atoms with Crippen LogP contribution in [-0.4, -0.2) is 25.1 Å². The van der Waals surface area contributed by atoms with Gasteiger partial charge in [-0.2, -0.15) is 0 Å². The summed E-state index contributed by atoms with van der Waals surface area (Å²) in [5.74, 6) is 1.16. The van der Waals surface area contributed by atoms with E-state index in [0.717, 1.165) is 37.2 Å². The van der Waals surface area contributed by atoms with Crippen LogP contribution in [0.25, 0.3) is 0 Å². The van der Waals surface area contributed by atoms with Crippen LogP contribution in [0.1, 0.15) is 30.1 Å². The number of imidazole rings is 1. The molecular weight excluding hydrogens is 350 g/mol. The summed E-state index contributed by atoms with van der Waals surface area (Å²) in [5.41, 5.74) is 2.30. The fraction of sp³-hybridized carbons (Fsp3) is 0.438. The Balaban J connectivity index is 1.78. The minimum absolute atomic E-state index is 0.104. The van der Waals surface area contributed by atoms with E-state index in [0.29, 0.717) is 5.75 Å². The van der Waals surface area contributed by atoms with Crippen LogP contribution >= 0.6 is 11.6 Å². The summed E-state index contributed by atoms with van der Waals surface area (Å²) in [5, 5.41) is 0.257. The SMILES string of the molecule is COc1ccc(S(=O)(=O)NCc2nc3c(n2C)CCCC3)cc1Cl. The molecule has 1 aromatic heterocycles. The maximum absolute atomic E-state index is 12.5. The predicted molar refractivity (Wildman–Crippen MR) is 91.9 cm³/mol. The molecule has 0 amide bonds. The molecule has 6 nitrogen and oxygen atoms in total. The second-order valence-electron chi connectivity index (χ2n) is 5.81. The van der Waals surface area contributed by atoms with E-state index in [4.69, 9.17) is 16.3 Å². The lowest BCUT2D eigenvalue weighted by Gasteiger charge is -2.12. The van der Waals surface area contributed by atoms with E-state index in [1.807, 2.05) is 11.6 Å². The van der Waals surface area contributed by atoms with Crippen LogP contribution in [0, 0.1) is 0 Å². The molecule has 0 aliphatic heterocycles. The average Bonchev–Trinajstić information content (AvgIpc) is 2.89. The predicted octanol–water partition coefficient (Wildman–Crippen LogP) is 2.44. The molecule has 130 valence electrons. The first-order valence-electron chi connectivity index (χ1n) is 7.79. The quantitative estimate of drug-likeness (QED) is 0.878. The highest BCUT2D eigenvalue weighted by Gasteiger charge is 2.20. The third kappa shape index (κ3) is 3.29. The van der Waals surface area contributed by atoms with E-state index in [2.05, 4.69) is 9.71 Å². The third-order valence-electron chi connectivity index (χ3n) is 4.32. The van der Waals surface area contributed by atoms with E-state index in [9.17, 15) is 8.42 Å². The van der Waals surface area contributed by atoms with Crippen molar-refractivity contribution < 1.29 is 13.2 Å². The lowest BCUT2D eigenvalue weighted by atomic mass is 10.0. The molecule has 0 atom stereocenters. The van der Waals surface area contributed by atoms with Gasteiger partial charge in [0.1, 0.15) is 11.6 Å². The van der Waals surface area contributed by atoms with Gasteiger partial charge in [0.15, 0.2) is 0 Å². The molecule has 0 radical (unpaired) electrons. The number of sulfonamides is 1. The maximum Gasteiger partial charge on any atom is 0.241 e. The molecule has 1 heterocycles. The van der Waals surface area contributed by atoms with Crippen molar-refractivity contribution in [3.8, 4) is 5.75 Å². The zero-order valence-electron chi connectivity index (χ0n) is 13.7. The van der Waals surface area contributed by atoms with Crippen LogP contribution in [-0.2, 0) is 36.5 Å². The molecule has 1 aliphatic rings. The number of methoxy groups -OCH3 is 1. The second-order valence-corrected chi connectivity index (χ2v) is 7.98. The van der Waals surface area contributed by atoms with Gasteiger partial charge in [-0.05, 0) is 43.9 Å². The van der Waals surface area contributed by atoms with Gasteiger partial charge < -0.3 is 9.30 Å². The molecular formula is C16H20ClN3O3S. The zero-order chi connectivity index (χ0) is 17.3. The highest BCUT2D eigenvalue weighted by molar-refractivity contribution is 7.89. The number of aryl methyl sites for hydroxylation is 1. The summed E-state index contributed by atoms with van der Waals surface area (Å²) in [7, 11) is -0.249. The molecule has 1 aliphatic carbocycles. The van der Waals surface area contributed by atoms with Crippen molar-refractivity contribution in [3.05, 3.63) is 40.4 Å². The molecule has 0 spiro atoms. The largest absolute Gasteiger partial charge is 0.495 e. The highest BCUT2D eigenvalue weighted by atomic mass is 35.5. The van der Waals surface area contributed by atoms with Gasteiger partial charge in [-0.1, -0.05) is 11.6 Å². The normalized spacial score (nSPS) is 14.5. The summed E-state index contributed by atoms with van der Waals surface area (Å²) in [6, 6.07) is 4.39. The molecule has 0 bridgehead atoms. The Morgan fingerprint density at radius 3 is 2.75 bits per heavy atom. The fourth-order valence-corrected chi connectivity index (χ4v) is 4.29. The van der Waals surface area contributed by atoms with E-state index in [1.165, 1.54) is 31.0 Å². The molecule has 0 saturated carbocycles. The topological polar surface area (TPSA) is 73.2 Å². The number of halogens is 1. The van der Waals surface area contributed by atoms with E-state index >= 15 is 0 Å². The van der Waals surface area contributed by atoms with Crippen molar-refractivity contribution in [2.75, 3.05) is 7.11 Å². The number of aromatic nitrogens is 2. The van der Waals surface area contributed by atoms with Gasteiger partial charge in [0, 0.05) is 12.7 Å². The molecule has 3 rings (SSSR count). The second kappa shape index (κ2) is 6.74. The third-order valence-corrected chi connectivity index (χ3v) is 6.01. The van der Waals surface area contributed by atoms with Gasteiger partial charge in [-0.3, -0.25) is 0 Å². The minimum atomic E-state index is -3.67. The van der Waals surface area contributed by atoms with Crippen molar-refractivity contribution >= 4 is 21.6 Å². The number of hydrogen-bond acceptors (Lipinski definition) is 4. The molecule has 24 heavy (non-hydrogen) atoms. The zero-order valence-corrected chi connectivity index (χ0v) is 15.2. The molecule has 2 aromatic rings. The Morgan fingerprint density at radius 1 is 1.33 bits per heavy atom. The summed E-state index contributed by atoms with van der Waals surface area (Å²) < 4.78 is 34.6. The van der Waals surface area contributed by atoms with Crippen molar-refractivity contribution in [1.29, 1.82) is 0 Å². The number of ether oxygens (including phenoxy) is 1. The van der Waals surface area contributed by atoms with Crippen LogP contribution in [0.15, 0.2) is 23.1 Å². The Labute approximate surface area is 146 Å². The number of hydrogen-bond donors (Lipinski definition) is 1. The summed E-state index contributed by atoms with van der Waals surface area (Å²) in [6.07, 6.45) is 4.26. The molecule has 0 unspecified atom stereocenters. The van der Waals surface area contributed by atoms with Crippen LogP contribution in [0.2, 0.25) is 5.02 Å². The Kier molecular flexibility index (Phi) is 4.85. The van der Waals surface area contributed by atoms with Crippen molar-refractivity contribution in [2.24, 2.45) is 7.05 Å². The summed E-state index contributed by atoms with van der Waals surface area (Å²) >= 11 is 6.01. The number of fused-ring (bicyclic) bond motifs is 1. The Bertz CT molecular complexity index is 862. The van der Waals surface area contributed by atoms with E-state index < -0.39 is 10.0 Å². The fourth-order valence-electron chi connectivity index (χ4n) is 2.96. The lowest BCUT2D eigenvalue weighted by molar-refractivity contribution is 0.414. The number of nitrogens with zero attached hydrogens (tertiary/aromatic N) is 2. The number of benzene rings is 1. The molecule has 0 fully saturated rings. The summed E-state index contributed by atoms with van der Waals surface area (Å²) in [6.45, 7) is 0.148. The van der Waals surface area contributed by atoms with Gasteiger partial charge in [0.05, 0.1) is 29.3 Å². The first-order chi connectivity index (χ1) is 11.4. The number of rotatable bonds is 5. The highest BCUT2D eigenvalue weighted by Crippen LogP contribution is 2.27. The first kappa shape index (κ1) is 17.3. The van der Waals surface area contributed by atoms with E-state index in [-0.39, 0.29) is 16.5 Å². The Hall–Kier alpha value is -1.57. The van der Waals surface area contributed by atoms with Crippen molar-refractivity contribution in [2.45, 2.75) is 37.1 Å². The minimum Gasteiger partial charge on any atom is -0.495 e. The van der Waals surface area contributed by atoms with Crippen LogP contribution in [0.4, 0.5) is 0 Å². The van der Waals surface area contributed by atoms with Crippen LogP contribution in [0.5, 0.6) is 5.75 Å². The van der Waals surface area contributed by atoms with Crippen LogP contribution in [0.3, 0.4) is 0 Å². The first-order valence-corrected chi connectivity index (χ1v) is 9.65. The standard InChI is InChI=1S/C16H20ClN3O3S/c1-20-14-6-4-3-5-13(14)19-16(20)10-18-24(21,22)11-7-8-15(23-2)12(17)9-11/h7-9,18H,3-6,10H2,1-2H3. The molecule has 8 heteroatoms. The van der Waals surface area contributed by atoms with E-state index in [1.54, 1.807) is 0 Å². The monoisotopic (exact) mass is 369 g/mol. The van der Waals surface area contributed by atoms with Crippen LogP contribution < -0.4 is 9.46 Å². The van der Waals surface area contributed by atoms with Crippen molar-refractivity contribution in [3.63, 3.8) is 0 Å². The molecule has 1 N–H and O–H groups in total. The van der Waals surface area contributed by atoms with Gasteiger partial charge in [-0.15, -0.1) is 0 Å². The average molecular weight is 370 g/mol. The van der Waals surface area contributed by atoms with Gasteiger partial charge in [0.25, 0.3) is 0 Å². The Morgan fingerprint density at radius 2 is 2.08 bits per heavy atom. The van der Waals surface area contributed by atoms with Gasteiger partial charge >= 0.3 is 0 Å². The smallest absolute Gasteiger partial charge is 0.241 e. The number of nitrogens with one attached hydrogen (secondary N) is 1. The van der Waals surface area contributed by atoms with Gasteiger partial charge in [-0.25, -0.2) is 18.1 Å². The summed E-state index contributed by atoms with van der Waals surface area (Å²) in [4.78, 5) is 4.69. The van der Waals surface area contributed by atoms with Gasteiger partial charge in [0.2, 0.25) is 10.0 Å². The molecule has 1 aromatic carbocycles. The lowest BCUT2D eigenvalue weighted by Crippen LogP contribution is -2.25. The van der Waals surface area contributed by atoms with Crippen molar-refractivity contribution in [1.82, 2.24) is 14.3 Å².